The van der Waals surface area contributed by atoms with Crippen molar-refractivity contribution in [1.29, 1.82) is 0 Å². The largest absolute Gasteiger partial charge is 0.418 e. The van der Waals surface area contributed by atoms with Crippen LogP contribution in [0.25, 0.3) is 16.9 Å². The standard InChI is InChI=1S/C20H19F3N6O/c1-11-5-13-7-14(6-11)29(13)19(30)26-17-8-15(16(10-24-17)20(21,22)23)18-25-9-12-3-2-4-28(12)27-18/h2-4,8-11,13-14H,5-7H2,1H3,(H,24,26,30)/t11?,13-,14?/m1/s1. The van der Waals surface area contributed by atoms with Crippen LogP contribution in [0.3, 0.4) is 0 Å². The molecule has 3 aromatic heterocycles. The van der Waals surface area contributed by atoms with Crippen LogP contribution in [0.4, 0.5) is 23.8 Å². The highest BCUT2D eigenvalue weighted by Gasteiger charge is 2.46. The number of carbonyl (C=O) groups is 1. The minimum atomic E-state index is -4.63. The van der Waals surface area contributed by atoms with E-state index in [0.29, 0.717) is 17.6 Å². The molecule has 5 heterocycles. The van der Waals surface area contributed by atoms with Crippen LogP contribution >= 0.6 is 0 Å². The van der Waals surface area contributed by atoms with Gasteiger partial charge >= 0.3 is 12.2 Å². The number of amides is 2. The van der Waals surface area contributed by atoms with E-state index >= 15 is 0 Å². The number of piperidine rings is 1. The number of carbonyl (C=O) groups excluding carboxylic acids is 1. The summed E-state index contributed by atoms with van der Waals surface area (Å²) in [6.45, 7) is 2.17. The molecule has 6 rings (SSSR count). The Bertz CT molecular complexity index is 1120. The smallest absolute Gasteiger partial charge is 0.318 e. The summed E-state index contributed by atoms with van der Waals surface area (Å²) >= 11 is 0. The van der Waals surface area contributed by atoms with E-state index in [0.717, 1.165) is 19.3 Å². The van der Waals surface area contributed by atoms with Crippen LogP contribution in [-0.4, -0.2) is 42.6 Å². The Hall–Kier alpha value is -3.17. The minimum absolute atomic E-state index is 0.0391. The molecule has 2 amide bonds. The second kappa shape index (κ2) is 6.68. The van der Waals surface area contributed by atoms with Gasteiger partial charge in [-0.15, -0.1) is 5.10 Å². The van der Waals surface area contributed by atoms with Crippen LogP contribution in [0.2, 0.25) is 0 Å². The molecule has 2 unspecified atom stereocenters. The van der Waals surface area contributed by atoms with Crippen molar-refractivity contribution < 1.29 is 18.0 Å². The van der Waals surface area contributed by atoms with Gasteiger partial charge in [0.05, 0.1) is 17.3 Å². The molecular formula is C20H19F3N6O. The topological polar surface area (TPSA) is 75.4 Å². The molecule has 3 aromatic rings. The van der Waals surface area contributed by atoms with Gasteiger partial charge in [0.1, 0.15) is 5.82 Å². The number of fused-ring (bicyclic) bond motifs is 3. The minimum Gasteiger partial charge on any atom is -0.318 e. The molecule has 0 aromatic carbocycles. The lowest BCUT2D eigenvalue weighted by atomic mass is 9.74. The van der Waals surface area contributed by atoms with Crippen LogP contribution in [0.15, 0.2) is 36.8 Å². The summed E-state index contributed by atoms with van der Waals surface area (Å²) < 4.78 is 42.2. The van der Waals surface area contributed by atoms with Gasteiger partial charge in [-0.2, -0.15) is 13.2 Å². The Morgan fingerprint density at radius 2 is 1.93 bits per heavy atom. The third-order valence-electron chi connectivity index (χ3n) is 5.88. The van der Waals surface area contributed by atoms with Gasteiger partial charge < -0.3 is 4.90 Å². The van der Waals surface area contributed by atoms with Gasteiger partial charge in [0.25, 0.3) is 0 Å². The molecule has 30 heavy (non-hydrogen) atoms. The van der Waals surface area contributed by atoms with E-state index < -0.39 is 11.7 Å². The molecule has 10 heteroatoms. The first-order valence-electron chi connectivity index (χ1n) is 9.77. The van der Waals surface area contributed by atoms with Crippen molar-refractivity contribution in [3.8, 4) is 11.4 Å². The van der Waals surface area contributed by atoms with E-state index in [4.69, 9.17) is 0 Å². The molecule has 3 atom stereocenters. The van der Waals surface area contributed by atoms with Gasteiger partial charge in [-0.25, -0.2) is 19.3 Å². The summed E-state index contributed by atoms with van der Waals surface area (Å²) in [4.78, 5) is 22.4. The number of aromatic nitrogens is 4. The summed E-state index contributed by atoms with van der Waals surface area (Å²) in [7, 11) is 0. The quantitative estimate of drug-likeness (QED) is 0.679. The lowest BCUT2D eigenvalue weighted by Crippen LogP contribution is -2.63. The number of pyridine rings is 1. The molecule has 1 saturated carbocycles. The van der Waals surface area contributed by atoms with E-state index in [2.05, 4.69) is 27.3 Å². The maximum absolute atomic E-state index is 13.6. The van der Waals surface area contributed by atoms with Crippen molar-refractivity contribution in [2.45, 2.75) is 44.4 Å². The second-order valence-electron chi connectivity index (χ2n) is 8.03. The summed E-state index contributed by atoms with van der Waals surface area (Å²) in [5.74, 6) is 0.519. The molecular weight excluding hydrogens is 397 g/mol. The molecule has 2 saturated heterocycles. The Morgan fingerprint density at radius 1 is 1.17 bits per heavy atom. The fraction of sp³-hybridized carbons (Fsp3) is 0.400. The van der Waals surface area contributed by atoms with Gasteiger partial charge in [0.15, 0.2) is 5.82 Å². The molecule has 0 radical (unpaired) electrons. The van der Waals surface area contributed by atoms with Gasteiger partial charge in [0, 0.05) is 30.0 Å². The first-order chi connectivity index (χ1) is 14.3. The van der Waals surface area contributed by atoms with Crippen molar-refractivity contribution in [3.63, 3.8) is 0 Å². The SMILES string of the molecule is CC1CC2C[C@@H](C1)N2C(=O)Nc1cc(-c2ncc3cccn3n2)c(C(F)(F)F)cn1. The maximum Gasteiger partial charge on any atom is 0.418 e. The van der Waals surface area contributed by atoms with Crippen molar-refractivity contribution >= 4 is 17.4 Å². The fourth-order valence-electron chi connectivity index (χ4n) is 4.54. The van der Waals surface area contributed by atoms with E-state index in [9.17, 15) is 18.0 Å². The molecule has 3 aliphatic rings. The monoisotopic (exact) mass is 416 g/mol. The molecule has 0 spiro atoms. The predicted molar refractivity (Wildman–Crippen MR) is 103 cm³/mol. The van der Waals surface area contributed by atoms with Gasteiger partial charge in [-0.05, 0) is 43.4 Å². The number of hydrogen-bond donors (Lipinski definition) is 1. The fourth-order valence-corrected chi connectivity index (χ4v) is 4.54. The highest BCUT2D eigenvalue weighted by atomic mass is 19.4. The maximum atomic E-state index is 13.6. The third kappa shape index (κ3) is 3.16. The zero-order chi connectivity index (χ0) is 21.0. The van der Waals surface area contributed by atoms with E-state index in [1.807, 2.05) is 0 Å². The summed E-state index contributed by atoms with van der Waals surface area (Å²) in [6.07, 6.45) is 2.03. The van der Waals surface area contributed by atoms with E-state index in [-0.39, 0.29) is 35.3 Å². The number of rotatable bonds is 2. The van der Waals surface area contributed by atoms with Crippen molar-refractivity contribution in [2.24, 2.45) is 5.92 Å². The molecule has 1 aliphatic carbocycles. The van der Waals surface area contributed by atoms with Gasteiger partial charge in [-0.3, -0.25) is 5.32 Å². The Morgan fingerprint density at radius 3 is 2.67 bits per heavy atom. The number of halogens is 3. The predicted octanol–water partition coefficient (Wildman–Crippen LogP) is 4.21. The average Bonchev–Trinajstić information content (AvgIpc) is 3.14. The van der Waals surface area contributed by atoms with Crippen LogP contribution in [0, 0.1) is 5.92 Å². The number of nitrogens with one attached hydrogen (secondary N) is 1. The number of urea groups is 1. The highest BCUT2D eigenvalue weighted by molar-refractivity contribution is 5.90. The van der Waals surface area contributed by atoms with E-state index in [1.165, 1.54) is 16.8 Å². The van der Waals surface area contributed by atoms with Crippen LogP contribution in [0.5, 0.6) is 0 Å². The molecule has 2 bridgehead atoms. The zero-order valence-electron chi connectivity index (χ0n) is 16.1. The van der Waals surface area contributed by atoms with Gasteiger partial charge in [0.2, 0.25) is 0 Å². The second-order valence-corrected chi connectivity index (χ2v) is 8.03. The number of nitrogens with zero attached hydrogens (tertiary/aromatic N) is 5. The van der Waals surface area contributed by atoms with Crippen molar-refractivity contribution in [1.82, 2.24) is 24.5 Å². The molecule has 156 valence electrons. The Kier molecular flexibility index (Phi) is 4.19. The van der Waals surface area contributed by atoms with Crippen LogP contribution < -0.4 is 5.32 Å². The summed E-state index contributed by atoms with van der Waals surface area (Å²) in [5.41, 5.74) is -0.532. The first-order valence-corrected chi connectivity index (χ1v) is 9.77. The molecule has 3 fully saturated rings. The van der Waals surface area contributed by atoms with Gasteiger partial charge in [-0.1, -0.05) is 6.92 Å². The number of hydrogen-bond acceptors (Lipinski definition) is 4. The summed E-state index contributed by atoms with van der Waals surface area (Å²) in [5, 5.41) is 6.83. The molecule has 7 nitrogen and oxygen atoms in total. The van der Waals surface area contributed by atoms with Crippen molar-refractivity contribution in [3.05, 3.63) is 42.4 Å². The summed E-state index contributed by atoms with van der Waals surface area (Å²) in [6, 6.07) is 4.70. The lowest BCUT2D eigenvalue weighted by molar-refractivity contribution is -0.137. The first kappa shape index (κ1) is 18.8. The Labute approximate surface area is 169 Å². The number of alkyl halides is 3. The highest BCUT2D eigenvalue weighted by Crippen LogP contribution is 2.41. The zero-order valence-corrected chi connectivity index (χ0v) is 16.1. The Balaban J connectivity index is 1.47. The van der Waals surface area contributed by atoms with Crippen molar-refractivity contribution in [2.75, 3.05) is 5.32 Å². The van der Waals surface area contributed by atoms with Crippen LogP contribution in [-0.2, 0) is 6.18 Å². The number of anilines is 1. The van der Waals surface area contributed by atoms with Crippen LogP contribution in [0.1, 0.15) is 31.7 Å². The molecule has 1 N–H and O–H groups in total. The lowest BCUT2D eigenvalue weighted by Gasteiger charge is -2.54. The van der Waals surface area contributed by atoms with E-state index in [1.54, 1.807) is 23.2 Å². The average molecular weight is 416 g/mol. The molecule has 2 aliphatic heterocycles. The normalized spacial score (nSPS) is 23.3. The third-order valence-corrected chi connectivity index (χ3v) is 5.88.